The van der Waals surface area contributed by atoms with E-state index in [0.29, 0.717) is 18.7 Å². The van der Waals surface area contributed by atoms with Crippen molar-refractivity contribution >= 4 is 16.9 Å². The highest BCUT2D eigenvalue weighted by Crippen LogP contribution is 2.29. The van der Waals surface area contributed by atoms with Gasteiger partial charge in [0.05, 0.1) is 29.4 Å². The summed E-state index contributed by atoms with van der Waals surface area (Å²) in [5.74, 6) is 0.0105. The van der Waals surface area contributed by atoms with Crippen LogP contribution in [-0.2, 0) is 4.74 Å². The van der Waals surface area contributed by atoms with E-state index in [1.165, 1.54) is 0 Å². The van der Waals surface area contributed by atoms with E-state index in [4.69, 9.17) is 9.72 Å². The molecule has 0 saturated carbocycles. The number of benzene rings is 1. The number of fused-ring (bicyclic) bond motifs is 1. The highest BCUT2D eigenvalue weighted by atomic mass is 16.5. The molecule has 0 aliphatic heterocycles. The molecule has 2 aromatic heterocycles. The average molecular weight is 423 g/mol. The molecule has 1 amide bonds. The fourth-order valence-corrected chi connectivity index (χ4v) is 4.09. The maximum absolute atomic E-state index is 13.9. The number of carbonyl (C=O) groups is 1. The summed E-state index contributed by atoms with van der Waals surface area (Å²) in [6.45, 7) is 11.5. The first kappa shape index (κ1) is 22.9. The molecule has 3 aromatic rings. The second-order valence-electron chi connectivity index (χ2n) is 8.25. The molecule has 0 aliphatic carbocycles. The molecule has 3 rings (SSSR count). The Morgan fingerprint density at radius 3 is 2.52 bits per heavy atom. The molecule has 6 nitrogen and oxygen atoms in total. The van der Waals surface area contributed by atoms with Gasteiger partial charge in [-0.2, -0.15) is 5.10 Å². The summed E-state index contributed by atoms with van der Waals surface area (Å²) >= 11 is 0. The van der Waals surface area contributed by atoms with E-state index in [1.54, 1.807) is 13.3 Å². The fourth-order valence-electron chi connectivity index (χ4n) is 4.09. The summed E-state index contributed by atoms with van der Waals surface area (Å²) in [6.07, 6.45) is 3.57. The van der Waals surface area contributed by atoms with Gasteiger partial charge in [-0.05, 0) is 45.2 Å². The van der Waals surface area contributed by atoms with Gasteiger partial charge in [0.2, 0.25) is 0 Å². The lowest BCUT2D eigenvalue weighted by Gasteiger charge is -2.31. The molecular formula is C25H34N4O2. The van der Waals surface area contributed by atoms with Crippen LogP contribution in [0.15, 0.2) is 36.5 Å². The van der Waals surface area contributed by atoms with Crippen LogP contribution in [0, 0.1) is 6.92 Å². The predicted molar refractivity (Wildman–Crippen MR) is 125 cm³/mol. The molecule has 166 valence electrons. The molecule has 0 atom stereocenters. The third-order valence-electron chi connectivity index (χ3n) is 5.89. The fraction of sp³-hybridized carbons (Fsp3) is 0.480. The molecular weight excluding hydrogens is 388 g/mol. The summed E-state index contributed by atoms with van der Waals surface area (Å²) in [5.41, 5.74) is 4.35. The van der Waals surface area contributed by atoms with Crippen LogP contribution in [0.25, 0.3) is 22.3 Å². The summed E-state index contributed by atoms with van der Waals surface area (Å²) in [4.78, 5) is 20.8. The molecule has 0 aliphatic rings. The van der Waals surface area contributed by atoms with Gasteiger partial charge in [-0.15, -0.1) is 0 Å². The van der Waals surface area contributed by atoms with Crippen molar-refractivity contribution in [3.63, 3.8) is 0 Å². The van der Waals surface area contributed by atoms with Crippen molar-refractivity contribution in [2.45, 2.75) is 59.5 Å². The predicted octanol–water partition coefficient (Wildman–Crippen LogP) is 5.26. The Labute approximate surface area is 185 Å². The van der Waals surface area contributed by atoms with Gasteiger partial charge in [0, 0.05) is 31.3 Å². The van der Waals surface area contributed by atoms with Crippen molar-refractivity contribution in [1.82, 2.24) is 19.7 Å². The lowest BCUT2D eigenvalue weighted by molar-refractivity contribution is 0.0591. The number of rotatable bonds is 9. The third kappa shape index (κ3) is 4.64. The minimum Gasteiger partial charge on any atom is -0.383 e. The molecule has 2 heterocycles. The molecule has 0 saturated heterocycles. The average Bonchev–Trinajstić information content (AvgIpc) is 3.20. The van der Waals surface area contributed by atoms with Gasteiger partial charge in [0.15, 0.2) is 5.65 Å². The van der Waals surface area contributed by atoms with E-state index in [9.17, 15) is 4.79 Å². The Morgan fingerprint density at radius 2 is 1.90 bits per heavy atom. The summed E-state index contributed by atoms with van der Waals surface area (Å²) in [6, 6.07) is 10.4. The summed E-state index contributed by atoms with van der Waals surface area (Å²) in [5, 5.41) is 5.36. The molecule has 0 radical (unpaired) electrons. The number of amides is 1. The molecule has 0 fully saturated rings. The van der Waals surface area contributed by atoms with Crippen LogP contribution < -0.4 is 0 Å². The normalized spacial score (nSPS) is 11.6. The number of nitrogens with zero attached hydrogens (tertiary/aromatic N) is 4. The number of hydrogen-bond acceptors (Lipinski definition) is 4. The Bertz CT molecular complexity index is 1040. The number of ether oxygens (including phenoxy) is 1. The first-order valence-electron chi connectivity index (χ1n) is 11.2. The van der Waals surface area contributed by atoms with Gasteiger partial charge in [0.25, 0.3) is 5.91 Å². The molecule has 0 spiro atoms. The summed E-state index contributed by atoms with van der Waals surface area (Å²) < 4.78 is 7.20. The third-order valence-corrected chi connectivity index (χ3v) is 5.89. The zero-order valence-corrected chi connectivity index (χ0v) is 19.6. The van der Waals surface area contributed by atoms with E-state index < -0.39 is 0 Å². The first-order valence-corrected chi connectivity index (χ1v) is 11.2. The van der Waals surface area contributed by atoms with Crippen LogP contribution in [0.2, 0.25) is 0 Å². The van der Waals surface area contributed by atoms with E-state index in [2.05, 4.69) is 51.9 Å². The smallest absolute Gasteiger partial charge is 0.255 e. The van der Waals surface area contributed by atoms with E-state index >= 15 is 0 Å². The molecule has 6 heteroatoms. The summed E-state index contributed by atoms with van der Waals surface area (Å²) in [7, 11) is 1.67. The number of methoxy groups -OCH3 is 1. The Kier molecular flexibility index (Phi) is 7.44. The van der Waals surface area contributed by atoms with Gasteiger partial charge in [-0.25, -0.2) is 9.67 Å². The maximum atomic E-state index is 13.9. The van der Waals surface area contributed by atoms with Crippen LogP contribution in [0.1, 0.15) is 62.5 Å². The zero-order chi connectivity index (χ0) is 22.5. The van der Waals surface area contributed by atoms with Gasteiger partial charge >= 0.3 is 0 Å². The molecule has 1 aromatic carbocycles. The van der Waals surface area contributed by atoms with Crippen molar-refractivity contribution in [3.05, 3.63) is 47.7 Å². The monoisotopic (exact) mass is 422 g/mol. The highest BCUT2D eigenvalue weighted by molar-refractivity contribution is 6.06. The van der Waals surface area contributed by atoms with Gasteiger partial charge in [0.1, 0.15) is 0 Å². The lowest BCUT2D eigenvalue weighted by atomic mass is 10.0. The largest absolute Gasteiger partial charge is 0.383 e. The van der Waals surface area contributed by atoms with Gasteiger partial charge in [-0.1, -0.05) is 38.1 Å². The van der Waals surface area contributed by atoms with Gasteiger partial charge in [-0.3, -0.25) is 4.79 Å². The van der Waals surface area contributed by atoms with Crippen molar-refractivity contribution in [2.75, 3.05) is 20.3 Å². The van der Waals surface area contributed by atoms with Crippen LogP contribution in [-0.4, -0.2) is 51.9 Å². The minimum absolute atomic E-state index is 0.0105. The van der Waals surface area contributed by atoms with Crippen LogP contribution in [0.4, 0.5) is 0 Å². The van der Waals surface area contributed by atoms with Crippen molar-refractivity contribution < 1.29 is 9.53 Å². The second-order valence-corrected chi connectivity index (χ2v) is 8.25. The van der Waals surface area contributed by atoms with E-state index in [-0.39, 0.29) is 18.0 Å². The van der Waals surface area contributed by atoms with E-state index in [0.717, 1.165) is 40.7 Å². The van der Waals surface area contributed by atoms with Crippen molar-refractivity contribution in [3.8, 4) is 11.3 Å². The number of hydrogen-bond donors (Lipinski definition) is 0. The van der Waals surface area contributed by atoms with Crippen molar-refractivity contribution in [1.29, 1.82) is 0 Å². The van der Waals surface area contributed by atoms with Crippen LogP contribution >= 0.6 is 0 Å². The second kappa shape index (κ2) is 10.1. The lowest BCUT2D eigenvalue weighted by Crippen LogP contribution is -2.42. The van der Waals surface area contributed by atoms with Crippen molar-refractivity contribution in [2.24, 2.45) is 0 Å². The number of aromatic nitrogens is 3. The SMILES string of the molecule is CCC(CC)N(CCOC)C(=O)c1cc(-c2ccccc2C)nc2c1cnn2C(C)C. The molecule has 0 bridgehead atoms. The molecule has 31 heavy (non-hydrogen) atoms. The maximum Gasteiger partial charge on any atom is 0.255 e. The topological polar surface area (TPSA) is 60.2 Å². The Balaban J connectivity index is 2.22. The first-order chi connectivity index (χ1) is 14.9. The Hall–Kier alpha value is -2.73. The number of carbonyl (C=O) groups excluding carboxylic acids is 1. The molecule has 0 N–H and O–H groups in total. The standard InChI is InChI=1S/C25H34N4O2/c1-7-19(8-2)28(13-14-31-6)25(30)21-15-23(20-12-10-9-11-18(20)5)27-24-22(21)16-26-29(24)17(3)4/h9-12,15-17,19H,7-8,13-14H2,1-6H3. The van der Waals surface area contributed by atoms with Gasteiger partial charge < -0.3 is 9.64 Å². The zero-order valence-electron chi connectivity index (χ0n) is 19.6. The van der Waals surface area contributed by atoms with Crippen LogP contribution in [0.5, 0.6) is 0 Å². The molecule has 0 unspecified atom stereocenters. The number of pyridine rings is 1. The Morgan fingerprint density at radius 1 is 1.19 bits per heavy atom. The minimum atomic E-state index is 0.0105. The van der Waals surface area contributed by atoms with Crippen LogP contribution in [0.3, 0.4) is 0 Å². The quantitative estimate of drug-likeness (QED) is 0.472. The van der Waals surface area contributed by atoms with E-state index in [1.807, 2.05) is 27.8 Å². The highest BCUT2D eigenvalue weighted by Gasteiger charge is 2.26. The number of aryl methyl sites for hydroxylation is 1.